The molecule has 2 aromatic heterocycles. The third-order valence-corrected chi connectivity index (χ3v) is 3.35. The Morgan fingerprint density at radius 2 is 2.40 bits per heavy atom. The summed E-state index contributed by atoms with van der Waals surface area (Å²) >= 11 is 1.69. The second kappa shape index (κ2) is 4.16. The second-order valence-electron chi connectivity index (χ2n) is 3.56. The number of hydrogen-bond acceptors (Lipinski definition) is 3. The average molecular weight is 221 g/mol. The number of nitrogens with one attached hydrogen (secondary N) is 1. The van der Waals surface area contributed by atoms with Gasteiger partial charge in [-0.25, -0.2) is 4.98 Å². The van der Waals surface area contributed by atoms with Crippen LogP contribution in [0, 0.1) is 13.8 Å². The summed E-state index contributed by atoms with van der Waals surface area (Å²) in [5.41, 5.74) is 3.62. The van der Waals surface area contributed by atoms with Gasteiger partial charge in [0.05, 0.1) is 11.4 Å². The minimum atomic E-state index is 0.829. The van der Waals surface area contributed by atoms with Crippen LogP contribution in [0.1, 0.15) is 17.1 Å². The SMILES string of the molecule is C=CCNCc1c(C)nc2scc(C)n12. The van der Waals surface area contributed by atoms with Crippen LogP contribution in [-0.2, 0) is 6.54 Å². The fraction of sp³-hybridized carbons (Fsp3) is 0.364. The van der Waals surface area contributed by atoms with Gasteiger partial charge in [-0.05, 0) is 13.8 Å². The maximum Gasteiger partial charge on any atom is 0.194 e. The van der Waals surface area contributed by atoms with Crippen molar-refractivity contribution < 1.29 is 0 Å². The summed E-state index contributed by atoms with van der Waals surface area (Å²) in [5, 5.41) is 5.45. The zero-order chi connectivity index (χ0) is 10.8. The number of nitrogens with zero attached hydrogens (tertiary/aromatic N) is 2. The van der Waals surface area contributed by atoms with E-state index in [-0.39, 0.29) is 0 Å². The molecule has 0 aliphatic carbocycles. The molecule has 2 aromatic rings. The van der Waals surface area contributed by atoms with Crippen molar-refractivity contribution in [3.63, 3.8) is 0 Å². The van der Waals surface area contributed by atoms with Crippen LogP contribution in [0.15, 0.2) is 18.0 Å². The van der Waals surface area contributed by atoms with Gasteiger partial charge in [0.2, 0.25) is 0 Å². The summed E-state index contributed by atoms with van der Waals surface area (Å²) in [7, 11) is 0. The van der Waals surface area contributed by atoms with Gasteiger partial charge in [-0.1, -0.05) is 6.08 Å². The highest BCUT2D eigenvalue weighted by molar-refractivity contribution is 7.15. The number of rotatable bonds is 4. The van der Waals surface area contributed by atoms with E-state index in [4.69, 9.17) is 0 Å². The standard InChI is InChI=1S/C11H15N3S/c1-4-5-12-6-10-9(3)13-11-14(10)8(2)7-15-11/h4,7,12H,1,5-6H2,2-3H3. The largest absolute Gasteiger partial charge is 0.308 e. The summed E-state index contributed by atoms with van der Waals surface area (Å²) in [5.74, 6) is 0. The van der Waals surface area contributed by atoms with E-state index in [1.165, 1.54) is 11.4 Å². The number of aromatic nitrogens is 2. The van der Waals surface area contributed by atoms with E-state index in [9.17, 15) is 0 Å². The fourth-order valence-corrected chi connectivity index (χ4v) is 2.60. The van der Waals surface area contributed by atoms with Gasteiger partial charge in [-0.3, -0.25) is 4.40 Å². The first-order chi connectivity index (χ1) is 7.24. The van der Waals surface area contributed by atoms with Gasteiger partial charge in [-0.2, -0.15) is 0 Å². The lowest BCUT2D eigenvalue weighted by molar-refractivity contribution is 0.727. The Bertz CT molecular complexity index is 481. The van der Waals surface area contributed by atoms with Crippen molar-refractivity contribution in [2.45, 2.75) is 20.4 Å². The smallest absolute Gasteiger partial charge is 0.194 e. The summed E-state index contributed by atoms with van der Waals surface area (Å²) in [4.78, 5) is 5.61. The Hall–Kier alpha value is -1.13. The Kier molecular flexibility index (Phi) is 2.88. The molecule has 0 spiro atoms. The predicted octanol–water partition coefficient (Wildman–Crippen LogP) is 2.29. The lowest BCUT2D eigenvalue weighted by Crippen LogP contribution is -2.15. The highest BCUT2D eigenvalue weighted by Gasteiger charge is 2.10. The topological polar surface area (TPSA) is 29.3 Å². The van der Waals surface area contributed by atoms with Crippen molar-refractivity contribution in [2.24, 2.45) is 0 Å². The second-order valence-corrected chi connectivity index (χ2v) is 4.40. The molecule has 2 heterocycles. The van der Waals surface area contributed by atoms with Crippen molar-refractivity contribution in [1.82, 2.24) is 14.7 Å². The monoisotopic (exact) mass is 221 g/mol. The average Bonchev–Trinajstić information content (AvgIpc) is 2.70. The highest BCUT2D eigenvalue weighted by atomic mass is 32.1. The number of fused-ring (bicyclic) bond motifs is 1. The minimum absolute atomic E-state index is 0.829. The Labute approximate surface area is 93.5 Å². The molecule has 0 saturated carbocycles. The molecule has 0 aromatic carbocycles. The van der Waals surface area contributed by atoms with Crippen LogP contribution in [0.4, 0.5) is 0 Å². The molecule has 1 N–H and O–H groups in total. The van der Waals surface area contributed by atoms with E-state index in [0.717, 1.165) is 23.7 Å². The Morgan fingerprint density at radius 1 is 1.60 bits per heavy atom. The molecule has 15 heavy (non-hydrogen) atoms. The number of aryl methyl sites for hydroxylation is 2. The van der Waals surface area contributed by atoms with Crippen LogP contribution in [0.5, 0.6) is 0 Å². The van der Waals surface area contributed by atoms with Crippen molar-refractivity contribution in [2.75, 3.05) is 6.54 Å². The molecule has 0 radical (unpaired) electrons. The maximum atomic E-state index is 4.53. The van der Waals surface area contributed by atoms with Crippen LogP contribution in [-0.4, -0.2) is 15.9 Å². The first-order valence-corrected chi connectivity index (χ1v) is 5.85. The number of thiazole rings is 1. The zero-order valence-corrected chi connectivity index (χ0v) is 9.90. The van der Waals surface area contributed by atoms with Gasteiger partial charge in [0.15, 0.2) is 4.96 Å². The van der Waals surface area contributed by atoms with Crippen molar-refractivity contribution >= 4 is 16.3 Å². The van der Waals surface area contributed by atoms with Crippen LogP contribution < -0.4 is 5.32 Å². The molecule has 0 aliphatic heterocycles. The lowest BCUT2D eigenvalue weighted by Gasteiger charge is -2.03. The first kappa shape index (κ1) is 10.4. The lowest BCUT2D eigenvalue weighted by atomic mass is 10.3. The Morgan fingerprint density at radius 3 is 3.13 bits per heavy atom. The normalized spacial score (nSPS) is 11.1. The van der Waals surface area contributed by atoms with Crippen LogP contribution in [0.3, 0.4) is 0 Å². The fourth-order valence-electron chi connectivity index (χ4n) is 1.67. The van der Waals surface area contributed by atoms with Crippen LogP contribution >= 0.6 is 11.3 Å². The van der Waals surface area contributed by atoms with E-state index in [1.807, 2.05) is 6.08 Å². The van der Waals surface area contributed by atoms with E-state index in [1.54, 1.807) is 11.3 Å². The van der Waals surface area contributed by atoms with E-state index >= 15 is 0 Å². The summed E-state index contributed by atoms with van der Waals surface area (Å²) in [6.45, 7) is 9.53. The van der Waals surface area contributed by atoms with Gasteiger partial charge in [-0.15, -0.1) is 17.9 Å². The molecule has 0 saturated heterocycles. The van der Waals surface area contributed by atoms with E-state index in [0.29, 0.717) is 0 Å². The van der Waals surface area contributed by atoms with Gasteiger partial charge >= 0.3 is 0 Å². The van der Waals surface area contributed by atoms with Gasteiger partial charge < -0.3 is 5.32 Å². The third-order valence-electron chi connectivity index (χ3n) is 2.41. The molecule has 80 valence electrons. The molecule has 0 aliphatic rings. The van der Waals surface area contributed by atoms with Gasteiger partial charge in [0.25, 0.3) is 0 Å². The molecule has 0 atom stereocenters. The zero-order valence-electron chi connectivity index (χ0n) is 9.08. The molecule has 0 fully saturated rings. The summed E-state index contributed by atoms with van der Waals surface area (Å²) in [6, 6.07) is 0. The molecule has 4 heteroatoms. The molecule has 0 unspecified atom stereocenters. The minimum Gasteiger partial charge on any atom is -0.308 e. The number of imidazole rings is 1. The van der Waals surface area contributed by atoms with Crippen LogP contribution in [0.2, 0.25) is 0 Å². The molecule has 3 nitrogen and oxygen atoms in total. The van der Waals surface area contributed by atoms with Crippen molar-refractivity contribution in [3.8, 4) is 0 Å². The van der Waals surface area contributed by atoms with Gasteiger partial charge in [0, 0.05) is 24.2 Å². The van der Waals surface area contributed by atoms with Crippen molar-refractivity contribution in [1.29, 1.82) is 0 Å². The molecular formula is C11H15N3S. The summed E-state index contributed by atoms with van der Waals surface area (Å²) < 4.78 is 2.22. The Balaban J connectivity index is 2.34. The molecule has 2 rings (SSSR count). The van der Waals surface area contributed by atoms with Crippen molar-refractivity contribution in [3.05, 3.63) is 35.1 Å². The van der Waals surface area contributed by atoms with Gasteiger partial charge in [0.1, 0.15) is 0 Å². The number of hydrogen-bond donors (Lipinski definition) is 1. The third kappa shape index (κ3) is 1.82. The van der Waals surface area contributed by atoms with Crippen LogP contribution in [0.25, 0.3) is 4.96 Å². The quantitative estimate of drug-likeness (QED) is 0.634. The van der Waals surface area contributed by atoms with E-state index < -0.39 is 0 Å². The highest BCUT2D eigenvalue weighted by Crippen LogP contribution is 2.20. The molecule has 0 bridgehead atoms. The molecule has 0 amide bonds. The summed E-state index contributed by atoms with van der Waals surface area (Å²) in [6.07, 6.45) is 1.87. The maximum absolute atomic E-state index is 4.53. The predicted molar refractivity (Wildman–Crippen MR) is 64.4 cm³/mol. The van der Waals surface area contributed by atoms with E-state index in [2.05, 4.69) is 40.5 Å². The first-order valence-electron chi connectivity index (χ1n) is 4.97. The molecular weight excluding hydrogens is 206 g/mol.